The standard InChI is InChI=1S/C19H35N5O/c1-2-24-16-6-4-3-5-14(16)15-11-13(7-8-17(15)24)22-19(25)10-9-18-20-12-21-23-18/h13-18,20-21,23H,2-12H2,1H3,(H,22,25). The Kier molecular flexibility index (Phi) is 5.60. The lowest BCUT2D eigenvalue weighted by Gasteiger charge is -2.37. The maximum atomic E-state index is 12.4. The summed E-state index contributed by atoms with van der Waals surface area (Å²) in [6, 6.07) is 2.01. The molecule has 4 rings (SSSR count). The highest BCUT2D eigenvalue weighted by Gasteiger charge is 2.50. The Morgan fingerprint density at radius 2 is 1.96 bits per heavy atom. The molecule has 25 heavy (non-hydrogen) atoms. The molecule has 142 valence electrons. The molecule has 6 unspecified atom stereocenters. The fraction of sp³-hybridized carbons (Fsp3) is 0.947. The van der Waals surface area contributed by atoms with Crippen LogP contribution in [0.5, 0.6) is 0 Å². The summed E-state index contributed by atoms with van der Waals surface area (Å²) in [4.78, 5) is 15.2. The Hall–Kier alpha value is -0.690. The Labute approximate surface area is 151 Å². The van der Waals surface area contributed by atoms with Crippen LogP contribution in [-0.4, -0.2) is 48.3 Å². The molecule has 2 aliphatic carbocycles. The number of hydrazine groups is 1. The van der Waals surface area contributed by atoms with Gasteiger partial charge in [-0.1, -0.05) is 19.8 Å². The number of carbonyl (C=O) groups excluding carboxylic acids is 1. The summed E-state index contributed by atoms with van der Waals surface area (Å²) in [7, 11) is 0. The molecule has 0 aromatic carbocycles. The van der Waals surface area contributed by atoms with Crippen LogP contribution in [0, 0.1) is 11.8 Å². The molecule has 4 aliphatic rings. The van der Waals surface area contributed by atoms with Gasteiger partial charge in [-0.15, -0.1) is 0 Å². The van der Waals surface area contributed by atoms with Crippen molar-refractivity contribution in [3.05, 3.63) is 0 Å². The fourth-order valence-corrected chi connectivity index (χ4v) is 6.11. The summed E-state index contributed by atoms with van der Waals surface area (Å²) >= 11 is 0. The van der Waals surface area contributed by atoms with Crippen molar-refractivity contribution in [2.75, 3.05) is 13.2 Å². The van der Waals surface area contributed by atoms with E-state index < -0.39 is 0 Å². The van der Waals surface area contributed by atoms with Gasteiger partial charge in [-0.25, -0.2) is 10.9 Å². The molecule has 1 amide bonds. The van der Waals surface area contributed by atoms with Gasteiger partial charge in [0.1, 0.15) is 0 Å². The van der Waals surface area contributed by atoms with Gasteiger partial charge in [0, 0.05) is 24.5 Å². The van der Waals surface area contributed by atoms with Crippen LogP contribution >= 0.6 is 0 Å². The highest BCUT2D eigenvalue weighted by molar-refractivity contribution is 5.76. The Morgan fingerprint density at radius 1 is 1.12 bits per heavy atom. The molecular formula is C19H35N5O. The molecule has 0 spiro atoms. The third-order valence-corrected chi connectivity index (χ3v) is 7.15. The van der Waals surface area contributed by atoms with E-state index in [1.807, 2.05) is 0 Å². The van der Waals surface area contributed by atoms with E-state index in [-0.39, 0.29) is 12.1 Å². The largest absolute Gasteiger partial charge is 0.353 e. The van der Waals surface area contributed by atoms with Gasteiger partial charge in [-0.2, -0.15) is 0 Å². The van der Waals surface area contributed by atoms with Gasteiger partial charge in [0.25, 0.3) is 0 Å². The van der Waals surface area contributed by atoms with E-state index in [1.54, 1.807) is 0 Å². The van der Waals surface area contributed by atoms with Gasteiger partial charge in [-0.05, 0) is 56.9 Å². The van der Waals surface area contributed by atoms with Gasteiger partial charge in [0.2, 0.25) is 5.91 Å². The number of nitrogens with zero attached hydrogens (tertiary/aromatic N) is 1. The predicted octanol–water partition coefficient (Wildman–Crippen LogP) is 1.30. The van der Waals surface area contributed by atoms with E-state index >= 15 is 0 Å². The van der Waals surface area contributed by atoms with Crippen LogP contribution in [0.25, 0.3) is 0 Å². The first-order chi connectivity index (χ1) is 12.3. The lowest BCUT2D eigenvalue weighted by Crippen LogP contribution is -2.45. The molecule has 4 N–H and O–H groups in total. The summed E-state index contributed by atoms with van der Waals surface area (Å²) < 4.78 is 0. The van der Waals surface area contributed by atoms with Crippen LogP contribution in [0.4, 0.5) is 0 Å². The van der Waals surface area contributed by atoms with Crippen LogP contribution in [0.15, 0.2) is 0 Å². The highest BCUT2D eigenvalue weighted by atomic mass is 16.1. The maximum Gasteiger partial charge on any atom is 0.220 e. The van der Waals surface area contributed by atoms with Gasteiger partial charge in [0.15, 0.2) is 0 Å². The van der Waals surface area contributed by atoms with Crippen molar-refractivity contribution in [3.8, 4) is 0 Å². The molecule has 2 saturated heterocycles. The van der Waals surface area contributed by atoms with Gasteiger partial charge >= 0.3 is 0 Å². The van der Waals surface area contributed by atoms with Crippen LogP contribution in [0.1, 0.15) is 64.7 Å². The lowest BCUT2D eigenvalue weighted by atomic mass is 9.72. The molecule has 6 heteroatoms. The molecule has 6 nitrogen and oxygen atoms in total. The maximum absolute atomic E-state index is 12.4. The van der Waals surface area contributed by atoms with Crippen molar-refractivity contribution in [2.24, 2.45) is 11.8 Å². The molecule has 0 aromatic rings. The Balaban J connectivity index is 1.30. The summed E-state index contributed by atoms with van der Waals surface area (Å²) in [5.41, 5.74) is 6.18. The van der Waals surface area contributed by atoms with E-state index in [1.165, 1.54) is 45.1 Å². The van der Waals surface area contributed by atoms with E-state index in [0.29, 0.717) is 12.5 Å². The molecule has 2 aliphatic heterocycles. The minimum absolute atomic E-state index is 0.220. The molecule has 6 atom stereocenters. The predicted molar refractivity (Wildman–Crippen MR) is 98.5 cm³/mol. The number of hydrogen-bond acceptors (Lipinski definition) is 5. The molecule has 2 saturated carbocycles. The Bertz CT molecular complexity index is 461. The highest BCUT2D eigenvalue weighted by Crippen LogP contribution is 2.48. The van der Waals surface area contributed by atoms with Crippen LogP contribution in [0.3, 0.4) is 0 Å². The number of fused-ring (bicyclic) bond motifs is 3. The van der Waals surface area contributed by atoms with Gasteiger partial charge in [0.05, 0.1) is 12.8 Å². The zero-order chi connectivity index (χ0) is 17.2. The zero-order valence-corrected chi connectivity index (χ0v) is 15.6. The number of hydrogen-bond donors (Lipinski definition) is 4. The summed E-state index contributed by atoms with van der Waals surface area (Å²) in [5.74, 6) is 1.92. The van der Waals surface area contributed by atoms with E-state index in [9.17, 15) is 4.79 Å². The third-order valence-electron chi connectivity index (χ3n) is 7.15. The number of nitrogens with one attached hydrogen (secondary N) is 4. The first-order valence-electron chi connectivity index (χ1n) is 10.5. The average Bonchev–Trinajstić information content (AvgIpc) is 3.25. The second kappa shape index (κ2) is 7.91. The van der Waals surface area contributed by atoms with Gasteiger partial charge in [-0.3, -0.25) is 15.0 Å². The quantitative estimate of drug-likeness (QED) is 0.602. The van der Waals surface area contributed by atoms with Crippen molar-refractivity contribution in [3.63, 3.8) is 0 Å². The van der Waals surface area contributed by atoms with Crippen molar-refractivity contribution in [2.45, 2.75) is 89.0 Å². The summed E-state index contributed by atoms with van der Waals surface area (Å²) in [6.45, 7) is 4.31. The molecule has 0 bridgehead atoms. The van der Waals surface area contributed by atoms with Crippen LogP contribution < -0.4 is 21.5 Å². The fourth-order valence-electron chi connectivity index (χ4n) is 6.11. The van der Waals surface area contributed by atoms with E-state index in [0.717, 1.165) is 43.4 Å². The molecule has 0 aromatic heterocycles. The summed E-state index contributed by atoms with van der Waals surface area (Å²) in [6.07, 6.45) is 10.9. The number of amides is 1. The molecule has 2 heterocycles. The second-order valence-corrected chi connectivity index (χ2v) is 8.45. The third kappa shape index (κ3) is 3.72. The normalized spacial score (nSPS) is 41.3. The van der Waals surface area contributed by atoms with Crippen LogP contribution in [-0.2, 0) is 4.79 Å². The van der Waals surface area contributed by atoms with E-state index in [2.05, 4.69) is 33.3 Å². The van der Waals surface area contributed by atoms with Crippen molar-refractivity contribution >= 4 is 5.91 Å². The smallest absolute Gasteiger partial charge is 0.220 e. The van der Waals surface area contributed by atoms with Crippen molar-refractivity contribution < 1.29 is 4.79 Å². The van der Waals surface area contributed by atoms with Crippen LogP contribution in [0.2, 0.25) is 0 Å². The Morgan fingerprint density at radius 3 is 2.76 bits per heavy atom. The SMILES string of the molecule is CCN1C2CCCCC2C2CC(NC(=O)CCC3NCNN3)CCC21. The van der Waals surface area contributed by atoms with Crippen molar-refractivity contribution in [1.29, 1.82) is 0 Å². The lowest BCUT2D eigenvalue weighted by molar-refractivity contribution is -0.122. The van der Waals surface area contributed by atoms with E-state index in [4.69, 9.17) is 0 Å². The first-order valence-corrected chi connectivity index (χ1v) is 10.5. The molecular weight excluding hydrogens is 314 g/mol. The average molecular weight is 350 g/mol. The minimum Gasteiger partial charge on any atom is -0.353 e. The number of likely N-dealkylation sites (tertiary alicyclic amines) is 1. The topological polar surface area (TPSA) is 68.4 Å². The second-order valence-electron chi connectivity index (χ2n) is 8.45. The molecule has 0 radical (unpaired) electrons. The number of rotatable bonds is 5. The number of carbonyl (C=O) groups is 1. The monoisotopic (exact) mass is 349 g/mol. The minimum atomic E-state index is 0.220. The zero-order valence-electron chi connectivity index (χ0n) is 15.6. The van der Waals surface area contributed by atoms with Gasteiger partial charge < -0.3 is 5.32 Å². The molecule has 4 fully saturated rings. The first kappa shape index (κ1) is 17.7. The van der Waals surface area contributed by atoms with Crippen molar-refractivity contribution in [1.82, 2.24) is 26.4 Å². The summed E-state index contributed by atoms with van der Waals surface area (Å²) in [5, 5.41) is 6.63.